The molecule has 1 aliphatic heterocycles. The number of hydrogen-bond donors (Lipinski definition) is 0. The fourth-order valence-electron chi connectivity index (χ4n) is 2.27. The van der Waals surface area contributed by atoms with E-state index in [9.17, 15) is 18.0 Å². The van der Waals surface area contributed by atoms with Crippen molar-refractivity contribution in [2.24, 2.45) is 0 Å². The van der Waals surface area contributed by atoms with Crippen LogP contribution in [0.2, 0.25) is 0 Å². The smallest absolute Gasteiger partial charge is 0.415 e. The molecule has 0 spiro atoms. The molecule has 25 heavy (non-hydrogen) atoms. The summed E-state index contributed by atoms with van der Waals surface area (Å²) in [7, 11) is 3.05. The van der Waals surface area contributed by atoms with Crippen LogP contribution in [0.5, 0.6) is 0 Å². The molecule has 2 heterocycles. The minimum Gasteiger partial charge on any atom is -0.443 e. The van der Waals surface area contributed by atoms with Crippen LogP contribution in [0.4, 0.5) is 16.3 Å². The maximum absolute atomic E-state index is 12.0. The van der Waals surface area contributed by atoms with Gasteiger partial charge in [0.1, 0.15) is 16.7 Å². The van der Waals surface area contributed by atoms with Gasteiger partial charge in [0, 0.05) is 30.7 Å². The van der Waals surface area contributed by atoms with Crippen molar-refractivity contribution < 1.29 is 22.7 Å². The maximum atomic E-state index is 12.0. The summed E-state index contributed by atoms with van der Waals surface area (Å²) < 4.78 is 28.1. The van der Waals surface area contributed by atoms with Crippen LogP contribution in [0.25, 0.3) is 0 Å². The van der Waals surface area contributed by atoms with Gasteiger partial charge < -0.3 is 9.64 Å². The molecule has 1 fully saturated rings. The molecule has 1 unspecified atom stereocenters. The summed E-state index contributed by atoms with van der Waals surface area (Å²) in [6.45, 7) is 5.26. The van der Waals surface area contributed by atoms with E-state index in [-0.39, 0.29) is 18.9 Å². The lowest BCUT2D eigenvalue weighted by Gasteiger charge is -2.24. The molecule has 8 nitrogen and oxygen atoms in total. The first kappa shape index (κ1) is 19.5. The van der Waals surface area contributed by atoms with Crippen molar-refractivity contribution >= 4 is 43.2 Å². The number of ether oxygens (including phenoxy) is 1. The molecule has 0 aromatic carbocycles. The lowest BCUT2D eigenvalue weighted by Crippen LogP contribution is -2.34. The van der Waals surface area contributed by atoms with Gasteiger partial charge in [-0.3, -0.25) is 9.69 Å². The topological polar surface area (TPSA) is 96.9 Å². The highest BCUT2D eigenvalue weighted by molar-refractivity contribution is 8.14. The van der Waals surface area contributed by atoms with Crippen LogP contribution < -0.4 is 9.80 Å². The molecule has 10 heteroatoms. The van der Waals surface area contributed by atoms with Gasteiger partial charge >= 0.3 is 6.09 Å². The molecular formula is C15H20ClN3O5S. The summed E-state index contributed by atoms with van der Waals surface area (Å²) in [5.41, 5.74) is -0.191. The molecule has 1 aliphatic rings. The predicted molar refractivity (Wildman–Crippen MR) is 94.4 cm³/mol. The van der Waals surface area contributed by atoms with E-state index in [0.717, 1.165) is 0 Å². The Morgan fingerprint density at radius 2 is 2.04 bits per heavy atom. The fourth-order valence-corrected chi connectivity index (χ4v) is 3.30. The van der Waals surface area contributed by atoms with E-state index in [2.05, 4.69) is 4.98 Å². The van der Waals surface area contributed by atoms with Gasteiger partial charge in [-0.1, -0.05) is 0 Å². The van der Waals surface area contributed by atoms with Gasteiger partial charge in [-0.05, 0) is 32.9 Å². The lowest BCUT2D eigenvalue weighted by atomic mass is 10.2. The van der Waals surface area contributed by atoms with Crippen LogP contribution in [-0.4, -0.2) is 49.8 Å². The van der Waals surface area contributed by atoms with E-state index in [1.54, 1.807) is 32.9 Å². The largest absolute Gasteiger partial charge is 0.443 e. The van der Waals surface area contributed by atoms with E-state index in [1.807, 2.05) is 0 Å². The second kappa shape index (κ2) is 6.80. The molecule has 1 atom stereocenters. The number of hydrogen-bond acceptors (Lipinski definition) is 6. The van der Waals surface area contributed by atoms with Crippen LogP contribution in [0.15, 0.2) is 18.3 Å². The van der Waals surface area contributed by atoms with Crippen LogP contribution >= 0.6 is 10.7 Å². The Morgan fingerprint density at radius 3 is 2.48 bits per heavy atom. The lowest BCUT2D eigenvalue weighted by molar-refractivity contribution is -0.117. The standard InChI is InChI=1S/C15H20ClN3O5S/c1-15(2,3)24-14(21)18(4)12-6-5-10(8-17-12)19-9-11(7-13(19)20)25(16,22)23/h5-6,8,11H,7,9H2,1-4H3. The van der Waals surface area contributed by atoms with E-state index in [0.29, 0.717) is 11.5 Å². The highest BCUT2D eigenvalue weighted by Gasteiger charge is 2.38. The molecule has 0 radical (unpaired) electrons. The Kier molecular flexibility index (Phi) is 5.29. The monoisotopic (exact) mass is 389 g/mol. The van der Waals surface area contributed by atoms with Crippen molar-refractivity contribution in [3.63, 3.8) is 0 Å². The average Bonchev–Trinajstić information content (AvgIpc) is 2.87. The van der Waals surface area contributed by atoms with Crippen LogP contribution in [0.3, 0.4) is 0 Å². The number of carbonyl (C=O) groups is 2. The SMILES string of the molecule is CN(C(=O)OC(C)(C)C)c1ccc(N2CC(S(=O)(=O)Cl)CC2=O)cn1. The van der Waals surface area contributed by atoms with Gasteiger partial charge in [-0.15, -0.1) is 0 Å². The summed E-state index contributed by atoms with van der Waals surface area (Å²) in [5.74, 6) is -0.00423. The maximum Gasteiger partial charge on any atom is 0.415 e. The minimum absolute atomic E-state index is 0.0202. The Bertz CT molecular complexity index is 773. The highest BCUT2D eigenvalue weighted by Crippen LogP contribution is 2.27. The molecule has 2 rings (SSSR count). The average molecular weight is 390 g/mol. The van der Waals surface area contributed by atoms with Crippen molar-refractivity contribution in [2.45, 2.75) is 38.0 Å². The number of pyridine rings is 1. The molecule has 0 aliphatic carbocycles. The molecule has 1 saturated heterocycles. The van der Waals surface area contributed by atoms with Gasteiger partial charge in [0.05, 0.1) is 11.9 Å². The zero-order valence-corrected chi connectivity index (χ0v) is 16.0. The number of carbonyl (C=O) groups excluding carboxylic acids is 2. The first-order valence-corrected chi connectivity index (χ1v) is 9.92. The van der Waals surface area contributed by atoms with Crippen LogP contribution in [0.1, 0.15) is 27.2 Å². The summed E-state index contributed by atoms with van der Waals surface area (Å²) in [4.78, 5) is 30.7. The van der Waals surface area contributed by atoms with Crippen LogP contribution in [0, 0.1) is 0 Å². The van der Waals surface area contributed by atoms with E-state index < -0.39 is 26.0 Å². The highest BCUT2D eigenvalue weighted by atomic mass is 35.7. The number of halogens is 1. The predicted octanol–water partition coefficient (Wildman–Crippen LogP) is 2.13. The molecule has 1 aromatic heterocycles. The molecule has 0 saturated carbocycles. The van der Waals surface area contributed by atoms with Gasteiger partial charge in [-0.2, -0.15) is 0 Å². The zero-order chi connectivity index (χ0) is 19.0. The third kappa shape index (κ3) is 4.82. The first-order chi connectivity index (χ1) is 11.4. The Labute approximate surface area is 151 Å². The van der Waals surface area contributed by atoms with E-state index in [4.69, 9.17) is 15.4 Å². The third-order valence-electron chi connectivity index (χ3n) is 3.54. The molecule has 138 valence electrons. The Hall–Kier alpha value is -1.87. The Morgan fingerprint density at radius 1 is 1.40 bits per heavy atom. The minimum atomic E-state index is -3.81. The van der Waals surface area contributed by atoms with Gasteiger partial charge in [0.15, 0.2) is 0 Å². The summed E-state index contributed by atoms with van der Waals surface area (Å²) in [5, 5.41) is -0.939. The van der Waals surface area contributed by atoms with E-state index >= 15 is 0 Å². The van der Waals surface area contributed by atoms with Gasteiger partial charge in [-0.25, -0.2) is 18.2 Å². The molecule has 2 amide bonds. The molecule has 0 N–H and O–H groups in total. The van der Waals surface area contributed by atoms with Crippen LogP contribution in [-0.2, 0) is 18.6 Å². The molecule has 0 bridgehead atoms. The summed E-state index contributed by atoms with van der Waals surface area (Å²) in [6, 6.07) is 3.14. The Balaban J connectivity index is 2.12. The third-order valence-corrected chi connectivity index (χ3v) is 5.41. The number of anilines is 2. The van der Waals surface area contributed by atoms with Crippen molar-refractivity contribution in [3.8, 4) is 0 Å². The summed E-state index contributed by atoms with van der Waals surface area (Å²) in [6.07, 6.45) is 0.682. The van der Waals surface area contributed by atoms with E-state index in [1.165, 1.54) is 23.0 Å². The van der Waals surface area contributed by atoms with Crippen molar-refractivity contribution in [1.29, 1.82) is 0 Å². The van der Waals surface area contributed by atoms with Crippen molar-refractivity contribution in [1.82, 2.24) is 4.98 Å². The first-order valence-electron chi connectivity index (χ1n) is 7.55. The zero-order valence-electron chi connectivity index (χ0n) is 14.4. The number of rotatable bonds is 3. The molecular weight excluding hydrogens is 370 g/mol. The summed E-state index contributed by atoms with van der Waals surface area (Å²) >= 11 is 0. The van der Waals surface area contributed by atoms with Gasteiger partial charge in [0.2, 0.25) is 15.0 Å². The normalized spacial score (nSPS) is 18.4. The quantitative estimate of drug-likeness (QED) is 0.734. The number of amides is 2. The second-order valence-corrected chi connectivity index (χ2v) is 9.63. The number of aromatic nitrogens is 1. The fraction of sp³-hybridized carbons (Fsp3) is 0.533. The van der Waals surface area contributed by atoms with Gasteiger partial charge in [0.25, 0.3) is 0 Å². The van der Waals surface area contributed by atoms with Crippen molar-refractivity contribution in [3.05, 3.63) is 18.3 Å². The number of nitrogens with zero attached hydrogens (tertiary/aromatic N) is 3. The second-order valence-electron chi connectivity index (χ2n) is 6.72. The molecule has 1 aromatic rings. The van der Waals surface area contributed by atoms with Crippen molar-refractivity contribution in [2.75, 3.05) is 23.4 Å².